The van der Waals surface area contributed by atoms with Gasteiger partial charge in [0.25, 0.3) is 5.91 Å². The van der Waals surface area contributed by atoms with E-state index in [1.54, 1.807) is 5.51 Å². The molecule has 2 aliphatic heterocycles. The van der Waals surface area contributed by atoms with Gasteiger partial charge in [-0.2, -0.15) is 0 Å². The van der Waals surface area contributed by atoms with Crippen molar-refractivity contribution in [3.63, 3.8) is 0 Å². The van der Waals surface area contributed by atoms with Crippen molar-refractivity contribution in [3.05, 3.63) is 16.6 Å². The first-order valence-corrected chi connectivity index (χ1v) is 6.12. The highest BCUT2D eigenvalue weighted by Gasteiger charge is 2.44. The molecule has 1 N–H and O–H groups in total. The summed E-state index contributed by atoms with van der Waals surface area (Å²) >= 11 is 1.48. The Kier molecular flexibility index (Phi) is 2.03. The van der Waals surface area contributed by atoms with Gasteiger partial charge in [-0.05, 0) is 6.42 Å². The average Bonchev–Trinajstić information content (AvgIpc) is 2.85. The number of thiazole rings is 1. The number of amides is 1. The lowest BCUT2D eigenvalue weighted by molar-refractivity contribution is 0.0747. The van der Waals surface area contributed by atoms with Crippen LogP contribution in [0.1, 0.15) is 16.9 Å². The van der Waals surface area contributed by atoms with E-state index in [1.807, 2.05) is 10.3 Å². The van der Waals surface area contributed by atoms with Gasteiger partial charge in [0, 0.05) is 37.0 Å². The maximum absolute atomic E-state index is 12.0. The zero-order valence-electron chi connectivity index (χ0n) is 8.40. The number of rotatable bonds is 1. The minimum Gasteiger partial charge on any atom is -0.337 e. The molecule has 80 valence electrons. The molecule has 0 atom stereocenters. The molecule has 1 amide bonds. The third kappa shape index (κ3) is 1.46. The largest absolute Gasteiger partial charge is 0.337 e. The average molecular weight is 223 g/mol. The summed E-state index contributed by atoms with van der Waals surface area (Å²) in [6.07, 6.45) is 1.13. The third-order valence-electron chi connectivity index (χ3n) is 3.38. The molecule has 15 heavy (non-hydrogen) atoms. The number of nitrogens with zero attached hydrogens (tertiary/aromatic N) is 2. The van der Waals surface area contributed by atoms with Gasteiger partial charge in [-0.25, -0.2) is 4.98 Å². The van der Waals surface area contributed by atoms with Crippen molar-refractivity contribution in [1.29, 1.82) is 0 Å². The molecule has 5 heteroatoms. The molecule has 1 aromatic heterocycles. The number of hydrogen-bond acceptors (Lipinski definition) is 4. The van der Waals surface area contributed by atoms with Crippen LogP contribution in [0, 0.1) is 5.41 Å². The number of likely N-dealkylation sites (tertiary alicyclic amines) is 1. The third-order valence-corrected chi connectivity index (χ3v) is 3.96. The fourth-order valence-corrected chi connectivity index (χ4v) is 2.88. The van der Waals surface area contributed by atoms with Crippen molar-refractivity contribution in [3.8, 4) is 0 Å². The van der Waals surface area contributed by atoms with Crippen LogP contribution in [0.15, 0.2) is 10.9 Å². The molecule has 2 fully saturated rings. The van der Waals surface area contributed by atoms with E-state index in [0.29, 0.717) is 11.1 Å². The Balaban J connectivity index is 1.72. The van der Waals surface area contributed by atoms with Gasteiger partial charge in [0.2, 0.25) is 0 Å². The van der Waals surface area contributed by atoms with E-state index in [0.717, 1.165) is 32.6 Å². The number of hydrogen-bond donors (Lipinski definition) is 1. The lowest BCUT2D eigenvalue weighted by Crippen LogP contribution is -2.55. The van der Waals surface area contributed by atoms with E-state index in [9.17, 15) is 4.79 Å². The predicted octanol–water partition coefficient (Wildman–Crippen LogP) is 0.579. The van der Waals surface area contributed by atoms with E-state index in [4.69, 9.17) is 0 Å². The highest BCUT2D eigenvalue weighted by molar-refractivity contribution is 7.07. The summed E-state index contributed by atoms with van der Waals surface area (Å²) in [6, 6.07) is 0. The quantitative estimate of drug-likeness (QED) is 0.757. The Morgan fingerprint density at radius 3 is 3.00 bits per heavy atom. The number of aromatic nitrogens is 1. The van der Waals surface area contributed by atoms with Crippen molar-refractivity contribution in [2.24, 2.45) is 5.41 Å². The topological polar surface area (TPSA) is 45.2 Å². The molecule has 0 bridgehead atoms. The minimum atomic E-state index is 0.0972. The van der Waals surface area contributed by atoms with Crippen LogP contribution in [0.4, 0.5) is 0 Å². The van der Waals surface area contributed by atoms with E-state index in [-0.39, 0.29) is 5.91 Å². The van der Waals surface area contributed by atoms with Crippen LogP contribution in [0.2, 0.25) is 0 Å². The van der Waals surface area contributed by atoms with Gasteiger partial charge in [0.1, 0.15) is 5.69 Å². The van der Waals surface area contributed by atoms with Gasteiger partial charge in [-0.3, -0.25) is 4.79 Å². The first-order chi connectivity index (χ1) is 7.29. The summed E-state index contributed by atoms with van der Waals surface area (Å²) in [4.78, 5) is 18.0. The van der Waals surface area contributed by atoms with Gasteiger partial charge >= 0.3 is 0 Å². The predicted molar refractivity (Wildman–Crippen MR) is 57.9 cm³/mol. The smallest absolute Gasteiger partial charge is 0.273 e. The zero-order valence-corrected chi connectivity index (χ0v) is 9.22. The van der Waals surface area contributed by atoms with Crippen molar-refractivity contribution in [2.45, 2.75) is 6.42 Å². The molecule has 1 aromatic rings. The molecule has 0 radical (unpaired) electrons. The molecule has 1 spiro atoms. The molecular formula is C10H13N3OS. The summed E-state index contributed by atoms with van der Waals surface area (Å²) < 4.78 is 0. The second-order valence-electron chi connectivity index (χ2n) is 4.45. The second kappa shape index (κ2) is 3.28. The van der Waals surface area contributed by atoms with Gasteiger partial charge in [0.15, 0.2) is 0 Å². The first kappa shape index (κ1) is 9.30. The molecule has 0 aromatic carbocycles. The van der Waals surface area contributed by atoms with Crippen LogP contribution >= 0.6 is 11.3 Å². The van der Waals surface area contributed by atoms with Gasteiger partial charge in [-0.1, -0.05) is 0 Å². The number of carbonyl (C=O) groups is 1. The zero-order chi connectivity index (χ0) is 10.3. The maximum atomic E-state index is 12.0. The monoisotopic (exact) mass is 223 g/mol. The van der Waals surface area contributed by atoms with Crippen molar-refractivity contribution >= 4 is 17.2 Å². The number of nitrogens with one attached hydrogen (secondary N) is 1. The normalized spacial score (nSPS) is 23.1. The summed E-state index contributed by atoms with van der Waals surface area (Å²) in [5.41, 5.74) is 2.69. The fraction of sp³-hybridized carbons (Fsp3) is 0.600. The number of carbonyl (C=O) groups excluding carboxylic acids is 1. The Hall–Kier alpha value is -0.940. The van der Waals surface area contributed by atoms with Gasteiger partial charge in [-0.15, -0.1) is 11.3 Å². The molecule has 2 saturated heterocycles. The molecular weight excluding hydrogens is 210 g/mol. The highest BCUT2D eigenvalue weighted by atomic mass is 32.1. The van der Waals surface area contributed by atoms with Crippen LogP contribution in [-0.4, -0.2) is 42.0 Å². The molecule has 0 saturated carbocycles. The van der Waals surface area contributed by atoms with Crippen LogP contribution in [0.25, 0.3) is 0 Å². The Bertz CT molecular complexity index is 372. The second-order valence-corrected chi connectivity index (χ2v) is 5.17. The molecule has 3 heterocycles. The van der Waals surface area contributed by atoms with Gasteiger partial charge in [0.05, 0.1) is 5.51 Å². The van der Waals surface area contributed by atoms with Crippen LogP contribution in [0.3, 0.4) is 0 Å². The Morgan fingerprint density at radius 2 is 2.47 bits per heavy atom. The standard InChI is InChI=1S/C10H13N3OS/c14-9(8-3-15-7-12-8)13-2-1-10(6-13)4-11-5-10/h3,7,11H,1-2,4-6H2. The highest BCUT2D eigenvalue weighted by Crippen LogP contribution is 2.34. The van der Waals surface area contributed by atoms with E-state index >= 15 is 0 Å². The fourth-order valence-electron chi connectivity index (χ4n) is 2.36. The molecule has 4 nitrogen and oxygen atoms in total. The summed E-state index contributed by atoms with van der Waals surface area (Å²) in [5.74, 6) is 0.0972. The molecule has 3 rings (SSSR count). The van der Waals surface area contributed by atoms with Crippen LogP contribution in [0.5, 0.6) is 0 Å². The first-order valence-electron chi connectivity index (χ1n) is 5.17. The van der Waals surface area contributed by atoms with Crippen LogP contribution < -0.4 is 5.32 Å². The Morgan fingerprint density at radius 1 is 1.60 bits per heavy atom. The lowest BCUT2D eigenvalue weighted by Gasteiger charge is -2.38. The van der Waals surface area contributed by atoms with Crippen molar-refractivity contribution < 1.29 is 4.79 Å². The summed E-state index contributed by atoms with van der Waals surface area (Å²) in [6.45, 7) is 3.91. The van der Waals surface area contributed by atoms with E-state index in [1.165, 1.54) is 11.3 Å². The summed E-state index contributed by atoms with van der Waals surface area (Å²) in [7, 11) is 0. The lowest BCUT2D eigenvalue weighted by atomic mass is 9.81. The molecule has 0 unspecified atom stereocenters. The molecule has 2 aliphatic rings. The van der Waals surface area contributed by atoms with Crippen molar-refractivity contribution in [1.82, 2.24) is 15.2 Å². The van der Waals surface area contributed by atoms with E-state index < -0.39 is 0 Å². The maximum Gasteiger partial charge on any atom is 0.273 e. The Labute approximate surface area is 92.3 Å². The minimum absolute atomic E-state index is 0.0972. The van der Waals surface area contributed by atoms with E-state index in [2.05, 4.69) is 10.3 Å². The SMILES string of the molecule is O=C(c1cscn1)N1CCC2(CNC2)C1. The molecule has 0 aliphatic carbocycles. The van der Waals surface area contributed by atoms with Crippen molar-refractivity contribution in [2.75, 3.05) is 26.2 Å². The summed E-state index contributed by atoms with van der Waals surface area (Å²) in [5, 5.41) is 5.11. The van der Waals surface area contributed by atoms with Gasteiger partial charge < -0.3 is 10.2 Å². The van der Waals surface area contributed by atoms with Crippen LogP contribution in [-0.2, 0) is 0 Å².